The Kier molecular flexibility index (Phi) is 7.80. The van der Waals surface area contributed by atoms with Crippen molar-refractivity contribution >= 4 is 21.3 Å². The van der Waals surface area contributed by atoms with Crippen LogP contribution in [0.15, 0.2) is 66.0 Å². The van der Waals surface area contributed by atoms with Crippen molar-refractivity contribution in [2.75, 3.05) is 51.2 Å². The largest absolute Gasteiger partial charge is 0.480 e. The van der Waals surface area contributed by atoms with Crippen LogP contribution in [0.1, 0.15) is 17.5 Å². The lowest BCUT2D eigenvalue weighted by Gasteiger charge is -2.27. The van der Waals surface area contributed by atoms with E-state index in [2.05, 4.69) is 37.0 Å². The zero-order chi connectivity index (χ0) is 25.7. The molecular weight excluding hydrogens is 490 g/mol. The summed E-state index contributed by atoms with van der Waals surface area (Å²) in [4.78, 5) is 10.9. The third-order valence-electron chi connectivity index (χ3n) is 6.53. The summed E-state index contributed by atoms with van der Waals surface area (Å²) >= 11 is 0. The number of aromatic nitrogens is 2. The molecule has 2 aromatic heterocycles. The molecule has 2 aliphatic heterocycles. The second-order valence-corrected chi connectivity index (χ2v) is 10.7. The number of nitrogens with zero attached hydrogens (tertiary/aromatic N) is 3. The smallest absolute Gasteiger partial charge is 0.267 e. The Morgan fingerprint density at radius 1 is 1.05 bits per heavy atom. The average molecular weight is 522 g/mol. The highest BCUT2D eigenvalue weighted by molar-refractivity contribution is 7.92. The highest BCUT2D eigenvalue weighted by Crippen LogP contribution is 2.30. The molecule has 1 aromatic carbocycles. The van der Waals surface area contributed by atoms with E-state index >= 15 is 0 Å². The van der Waals surface area contributed by atoms with Gasteiger partial charge in [0, 0.05) is 50.7 Å². The van der Waals surface area contributed by atoms with Gasteiger partial charge in [-0.25, -0.2) is 13.4 Å². The van der Waals surface area contributed by atoms with Crippen molar-refractivity contribution in [3.05, 3.63) is 72.2 Å². The van der Waals surface area contributed by atoms with Crippen LogP contribution in [-0.2, 0) is 21.3 Å². The van der Waals surface area contributed by atoms with E-state index in [4.69, 9.17) is 9.47 Å². The summed E-state index contributed by atoms with van der Waals surface area (Å²) in [6.45, 7) is 6.13. The Morgan fingerprint density at radius 2 is 1.86 bits per heavy atom. The molecule has 10 heteroatoms. The van der Waals surface area contributed by atoms with Gasteiger partial charge in [0.05, 0.1) is 32.2 Å². The van der Waals surface area contributed by atoms with Crippen molar-refractivity contribution in [1.29, 1.82) is 0 Å². The number of methoxy groups -OCH3 is 1. The fraction of sp³-hybridized carbons (Fsp3) is 0.333. The van der Waals surface area contributed by atoms with E-state index in [0.717, 1.165) is 55.0 Å². The first-order chi connectivity index (χ1) is 18.0. The average Bonchev–Trinajstić information content (AvgIpc) is 2.94. The molecule has 194 valence electrons. The minimum Gasteiger partial charge on any atom is -0.480 e. The number of piperazine rings is 1. The van der Waals surface area contributed by atoms with E-state index < -0.39 is 10.0 Å². The van der Waals surface area contributed by atoms with E-state index in [1.54, 1.807) is 24.5 Å². The zero-order valence-corrected chi connectivity index (χ0v) is 21.6. The van der Waals surface area contributed by atoms with Gasteiger partial charge in [-0.1, -0.05) is 30.3 Å². The molecule has 0 saturated carbocycles. The molecule has 1 fully saturated rings. The van der Waals surface area contributed by atoms with Crippen LogP contribution in [0.3, 0.4) is 0 Å². The monoisotopic (exact) mass is 521 g/mol. The van der Waals surface area contributed by atoms with Crippen LogP contribution in [-0.4, -0.2) is 69.8 Å². The Balaban J connectivity index is 1.35. The topological polar surface area (TPSA) is 106 Å². The lowest BCUT2D eigenvalue weighted by Crippen LogP contribution is -2.42. The van der Waals surface area contributed by atoms with E-state index in [9.17, 15) is 8.42 Å². The second kappa shape index (κ2) is 11.4. The summed E-state index contributed by atoms with van der Waals surface area (Å²) in [7, 11) is -2.58. The molecule has 0 unspecified atom stereocenters. The van der Waals surface area contributed by atoms with E-state index in [1.807, 2.05) is 18.2 Å². The minimum absolute atomic E-state index is 0.0254. The van der Waals surface area contributed by atoms with Gasteiger partial charge in [0.25, 0.3) is 10.0 Å². The van der Waals surface area contributed by atoms with Crippen molar-refractivity contribution in [2.24, 2.45) is 0 Å². The molecule has 9 nitrogen and oxygen atoms in total. The third kappa shape index (κ3) is 6.16. The number of ether oxygens (including phenoxy) is 2. The Bertz CT molecular complexity index is 1370. The standard InChI is InChI=1S/C27H31N5O4S/c1-35-27-26(15-24(17-30-27)22-6-12-36-13-7-22)37(33,34)31-25-14-23(16-29-18-25)21-4-2-20(3-5-21)19-32-10-8-28-9-11-32/h2-6,14-18,28,31H,7-13,19H2,1H3. The molecule has 0 aliphatic carbocycles. The third-order valence-corrected chi connectivity index (χ3v) is 7.90. The highest BCUT2D eigenvalue weighted by atomic mass is 32.2. The highest BCUT2D eigenvalue weighted by Gasteiger charge is 2.23. The van der Waals surface area contributed by atoms with Crippen molar-refractivity contribution in [2.45, 2.75) is 17.9 Å². The second-order valence-electron chi connectivity index (χ2n) is 9.08. The molecule has 0 radical (unpaired) electrons. The molecular formula is C27H31N5O4S. The van der Waals surface area contributed by atoms with Gasteiger partial charge >= 0.3 is 0 Å². The SMILES string of the molecule is COc1ncc(C2=CCOCC2)cc1S(=O)(=O)Nc1cncc(-c2ccc(CN3CCNCC3)cc2)c1. The van der Waals surface area contributed by atoms with Gasteiger partial charge in [-0.2, -0.15) is 0 Å². The molecule has 2 aliphatic rings. The van der Waals surface area contributed by atoms with Crippen LogP contribution in [0.2, 0.25) is 0 Å². The van der Waals surface area contributed by atoms with Crippen LogP contribution >= 0.6 is 0 Å². The molecule has 2 N–H and O–H groups in total. The van der Waals surface area contributed by atoms with E-state index in [0.29, 0.717) is 25.3 Å². The summed E-state index contributed by atoms with van der Waals surface area (Å²) in [5, 5.41) is 3.37. The van der Waals surface area contributed by atoms with Crippen LogP contribution in [0, 0.1) is 0 Å². The van der Waals surface area contributed by atoms with Gasteiger partial charge < -0.3 is 14.8 Å². The van der Waals surface area contributed by atoms with Crippen molar-refractivity contribution in [3.63, 3.8) is 0 Å². The molecule has 5 rings (SSSR count). The summed E-state index contributed by atoms with van der Waals surface area (Å²) in [5.74, 6) is 0.0353. The van der Waals surface area contributed by atoms with Gasteiger partial charge in [-0.3, -0.25) is 14.6 Å². The van der Waals surface area contributed by atoms with Gasteiger partial charge in [-0.05, 0) is 40.8 Å². The number of nitrogens with one attached hydrogen (secondary N) is 2. The quantitative estimate of drug-likeness (QED) is 0.466. The first-order valence-electron chi connectivity index (χ1n) is 12.3. The predicted molar refractivity (Wildman–Crippen MR) is 143 cm³/mol. The maximum Gasteiger partial charge on any atom is 0.267 e. The van der Waals surface area contributed by atoms with Gasteiger partial charge in [-0.15, -0.1) is 0 Å². The molecule has 1 saturated heterocycles. The molecule has 0 amide bonds. The van der Waals surface area contributed by atoms with Crippen LogP contribution in [0.5, 0.6) is 5.88 Å². The van der Waals surface area contributed by atoms with Gasteiger partial charge in [0.2, 0.25) is 5.88 Å². The molecule has 4 heterocycles. The lowest BCUT2D eigenvalue weighted by atomic mass is 10.0. The van der Waals surface area contributed by atoms with Crippen LogP contribution < -0.4 is 14.8 Å². The number of hydrogen-bond donors (Lipinski definition) is 2. The zero-order valence-electron chi connectivity index (χ0n) is 20.8. The van der Waals surface area contributed by atoms with Crippen LogP contribution in [0.25, 0.3) is 16.7 Å². The lowest BCUT2D eigenvalue weighted by molar-refractivity contribution is 0.161. The fourth-order valence-electron chi connectivity index (χ4n) is 4.54. The normalized spacial score (nSPS) is 16.7. The van der Waals surface area contributed by atoms with Gasteiger partial charge in [0.15, 0.2) is 0 Å². The Hall–Kier alpha value is -3.31. The Morgan fingerprint density at radius 3 is 2.59 bits per heavy atom. The van der Waals surface area contributed by atoms with Crippen molar-refractivity contribution in [1.82, 2.24) is 20.2 Å². The molecule has 0 spiro atoms. The van der Waals surface area contributed by atoms with E-state index in [1.165, 1.54) is 18.9 Å². The van der Waals surface area contributed by atoms with Crippen molar-refractivity contribution < 1.29 is 17.9 Å². The minimum atomic E-state index is -3.99. The number of sulfonamides is 1. The van der Waals surface area contributed by atoms with Gasteiger partial charge in [0.1, 0.15) is 4.90 Å². The number of hydrogen-bond acceptors (Lipinski definition) is 8. The van der Waals surface area contributed by atoms with Crippen molar-refractivity contribution in [3.8, 4) is 17.0 Å². The molecule has 3 aromatic rings. The summed E-state index contributed by atoms with van der Waals surface area (Å²) in [5.41, 5.74) is 5.12. The summed E-state index contributed by atoms with van der Waals surface area (Å²) in [6, 6.07) is 11.7. The first kappa shape index (κ1) is 25.3. The van der Waals surface area contributed by atoms with E-state index in [-0.39, 0.29) is 10.8 Å². The molecule has 0 atom stereocenters. The molecule has 0 bridgehead atoms. The number of benzene rings is 1. The maximum absolute atomic E-state index is 13.4. The number of rotatable bonds is 8. The summed E-state index contributed by atoms with van der Waals surface area (Å²) in [6.07, 6.45) is 7.48. The predicted octanol–water partition coefficient (Wildman–Crippen LogP) is 3.16. The fourth-order valence-corrected chi connectivity index (χ4v) is 5.72. The Labute approximate surface area is 217 Å². The molecule has 37 heavy (non-hydrogen) atoms. The first-order valence-corrected chi connectivity index (χ1v) is 13.8. The maximum atomic E-state index is 13.4. The number of pyridine rings is 2. The number of anilines is 1. The summed E-state index contributed by atoms with van der Waals surface area (Å²) < 4.78 is 40.1. The van der Waals surface area contributed by atoms with Crippen LogP contribution in [0.4, 0.5) is 5.69 Å².